The molecule has 4 heteroatoms. The first-order chi connectivity index (χ1) is 9.11. The molecule has 0 heterocycles. The molecule has 0 aliphatic heterocycles. The van der Waals surface area contributed by atoms with Gasteiger partial charge in [-0.3, -0.25) is 4.57 Å². The van der Waals surface area contributed by atoms with Crippen LogP contribution >= 0.6 is 8.03 Å². The molecule has 126 valence electrons. The van der Waals surface area contributed by atoms with Crippen LogP contribution in [0.5, 0.6) is 0 Å². The van der Waals surface area contributed by atoms with Gasteiger partial charge in [-0.2, -0.15) is 0 Å². The van der Waals surface area contributed by atoms with Crippen LogP contribution in [0.25, 0.3) is 0 Å². The standard InChI is InChI=1S/C16H35O2P.Ni/c1-5-7-9-11-13-15(3)18-19(17)16(4)14-12-10-8-6-2;/h15-16,19H,5-14H2,1-4H3;. The van der Waals surface area contributed by atoms with Crippen molar-refractivity contribution in [2.45, 2.75) is 104 Å². The molecule has 0 aromatic heterocycles. The minimum absolute atomic E-state index is 0. The topological polar surface area (TPSA) is 26.3 Å². The third-order valence-electron chi connectivity index (χ3n) is 3.67. The summed E-state index contributed by atoms with van der Waals surface area (Å²) in [5, 5.41) is 0. The molecule has 3 atom stereocenters. The zero-order chi connectivity index (χ0) is 14.5. The summed E-state index contributed by atoms with van der Waals surface area (Å²) in [6.07, 6.45) is 12.3. The largest absolute Gasteiger partial charge is 0.327 e. The quantitative estimate of drug-likeness (QED) is 0.225. The smallest absolute Gasteiger partial charge is 0.194 e. The van der Waals surface area contributed by atoms with Crippen molar-refractivity contribution in [3.05, 3.63) is 0 Å². The van der Waals surface area contributed by atoms with Gasteiger partial charge in [0.15, 0.2) is 8.03 Å². The van der Waals surface area contributed by atoms with Crippen molar-refractivity contribution in [3.8, 4) is 0 Å². The van der Waals surface area contributed by atoms with E-state index in [0.717, 1.165) is 12.8 Å². The van der Waals surface area contributed by atoms with E-state index < -0.39 is 8.03 Å². The Morgan fingerprint density at radius 2 is 1.35 bits per heavy atom. The van der Waals surface area contributed by atoms with Crippen molar-refractivity contribution < 1.29 is 25.6 Å². The van der Waals surface area contributed by atoms with Gasteiger partial charge in [0.05, 0.1) is 6.10 Å². The minimum atomic E-state index is -1.85. The van der Waals surface area contributed by atoms with Gasteiger partial charge in [-0.05, 0) is 19.8 Å². The fraction of sp³-hybridized carbons (Fsp3) is 1.00. The van der Waals surface area contributed by atoms with Gasteiger partial charge in [0.25, 0.3) is 0 Å². The van der Waals surface area contributed by atoms with E-state index in [2.05, 4.69) is 27.7 Å². The van der Waals surface area contributed by atoms with Crippen LogP contribution in [-0.2, 0) is 25.6 Å². The van der Waals surface area contributed by atoms with Gasteiger partial charge < -0.3 is 4.52 Å². The molecule has 0 aromatic rings. The Bertz CT molecular complexity index is 225. The molecule has 0 radical (unpaired) electrons. The summed E-state index contributed by atoms with van der Waals surface area (Å²) in [7, 11) is -1.85. The molecule has 0 aromatic carbocycles. The molecule has 0 fully saturated rings. The van der Waals surface area contributed by atoms with Gasteiger partial charge >= 0.3 is 0 Å². The van der Waals surface area contributed by atoms with Crippen molar-refractivity contribution in [2.75, 3.05) is 0 Å². The zero-order valence-electron chi connectivity index (χ0n) is 13.9. The molecule has 0 amide bonds. The Kier molecular flexibility index (Phi) is 18.4. The Hall–Kier alpha value is 0.684. The van der Waals surface area contributed by atoms with Gasteiger partial charge in [-0.1, -0.05) is 72.1 Å². The summed E-state index contributed by atoms with van der Waals surface area (Å²) in [4.78, 5) is 0. The average Bonchev–Trinajstić information content (AvgIpc) is 2.39. The number of unbranched alkanes of at least 4 members (excludes halogenated alkanes) is 6. The summed E-state index contributed by atoms with van der Waals surface area (Å²) in [5.41, 5.74) is 0.250. The predicted molar refractivity (Wildman–Crippen MR) is 86.5 cm³/mol. The van der Waals surface area contributed by atoms with Crippen LogP contribution in [0.2, 0.25) is 0 Å². The second kappa shape index (κ2) is 16.1. The molecule has 2 nitrogen and oxygen atoms in total. The molecule has 3 unspecified atom stereocenters. The monoisotopic (exact) mass is 348 g/mol. The van der Waals surface area contributed by atoms with Crippen LogP contribution in [0.3, 0.4) is 0 Å². The van der Waals surface area contributed by atoms with Crippen molar-refractivity contribution in [1.29, 1.82) is 0 Å². The first kappa shape index (κ1) is 23.0. The van der Waals surface area contributed by atoms with Crippen molar-refractivity contribution in [2.24, 2.45) is 0 Å². The number of rotatable bonds is 13. The number of hydrogen-bond donors (Lipinski definition) is 0. The SMILES string of the molecule is CCCCCCC(C)O[PH](=O)C(C)CCCCCC.[Ni]. The maximum atomic E-state index is 12.1. The van der Waals surface area contributed by atoms with Crippen LogP contribution in [0.1, 0.15) is 91.9 Å². The Morgan fingerprint density at radius 1 is 0.850 bits per heavy atom. The fourth-order valence-electron chi connectivity index (χ4n) is 2.23. The zero-order valence-corrected chi connectivity index (χ0v) is 15.8. The predicted octanol–water partition coefficient (Wildman–Crippen LogP) is 6.19. The molecular weight excluding hydrogens is 314 g/mol. The second-order valence-electron chi connectivity index (χ2n) is 5.85. The first-order valence-corrected chi connectivity index (χ1v) is 9.71. The van der Waals surface area contributed by atoms with Crippen molar-refractivity contribution in [1.82, 2.24) is 0 Å². The van der Waals surface area contributed by atoms with Crippen LogP contribution in [0.15, 0.2) is 0 Å². The third kappa shape index (κ3) is 13.7. The summed E-state index contributed by atoms with van der Waals surface area (Å²) in [6, 6.07) is 0. The van der Waals surface area contributed by atoms with Gasteiger partial charge in [0.1, 0.15) is 0 Å². The molecule has 0 spiro atoms. The first-order valence-electron chi connectivity index (χ1n) is 8.32. The normalized spacial score (nSPS) is 15.4. The summed E-state index contributed by atoms with van der Waals surface area (Å²) in [5.74, 6) is 0. The van der Waals surface area contributed by atoms with Crippen molar-refractivity contribution >= 4 is 8.03 Å². The molecule has 0 aliphatic carbocycles. The maximum Gasteiger partial charge on any atom is 0.194 e. The van der Waals surface area contributed by atoms with E-state index >= 15 is 0 Å². The summed E-state index contributed by atoms with van der Waals surface area (Å²) >= 11 is 0. The Morgan fingerprint density at radius 3 is 1.85 bits per heavy atom. The van der Waals surface area contributed by atoms with Crippen LogP contribution in [0, 0.1) is 0 Å². The van der Waals surface area contributed by atoms with Crippen LogP contribution < -0.4 is 0 Å². The minimum Gasteiger partial charge on any atom is -0.327 e. The molecule has 0 bridgehead atoms. The van der Waals surface area contributed by atoms with E-state index in [1.165, 1.54) is 51.4 Å². The summed E-state index contributed by atoms with van der Waals surface area (Å²) < 4.78 is 17.8. The fourth-order valence-corrected chi connectivity index (χ4v) is 3.41. The maximum absolute atomic E-state index is 12.1. The van der Waals surface area contributed by atoms with E-state index in [0.29, 0.717) is 0 Å². The van der Waals surface area contributed by atoms with Gasteiger partial charge in [0, 0.05) is 22.2 Å². The molecule has 0 aliphatic rings. The molecular formula is C16H35NiO2P. The van der Waals surface area contributed by atoms with Gasteiger partial charge in [0.2, 0.25) is 0 Å². The molecule has 0 N–H and O–H groups in total. The van der Waals surface area contributed by atoms with Crippen molar-refractivity contribution in [3.63, 3.8) is 0 Å². The molecule has 0 rings (SSSR count). The van der Waals surface area contributed by atoms with Gasteiger partial charge in [-0.25, -0.2) is 0 Å². The van der Waals surface area contributed by atoms with E-state index in [9.17, 15) is 4.57 Å². The average molecular weight is 349 g/mol. The van der Waals surface area contributed by atoms with Gasteiger partial charge in [-0.15, -0.1) is 0 Å². The van der Waals surface area contributed by atoms with E-state index in [-0.39, 0.29) is 28.3 Å². The summed E-state index contributed by atoms with van der Waals surface area (Å²) in [6.45, 7) is 8.59. The van der Waals surface area contributed by atoms with E-state index in [4.69, 9.17) is 4.52 Å². The molecule has 0 saturated heterocycles. The third-order valence-corrected chi connectivity index (χ3v) is 5.40. The Balaban J connectivity index is 0. The van der Waals surface area contributed by atoms with E-state index in [1.54, 1.807) is 0 Å². The number of hydrogen-bond acceptors (Lipinski definition) is 2. The van der Waals surface area contributed by atoms with E-state index in [1.807, 2.05) is 0 Å². The second-order valence-corrected chi connectivity index (χ2v) is 7.71. The van der Waals surface area contributed by atoms with Crippen LogP contribution in [0.4, 0.5) is 0 Å². The Labute approximate surface area is 137 Å². The molecule has 0 saturated carbocycles. The van der Waals surface area contributed by atoms with Crippen LogP contribution in [-0.4, -0.2) is 11.8 Å². The molecule has 20 heavy (non-hydrogen) atoms.